The van der Waals surface area contributed by atoms with E-state index < -0.39 is 17.9 Å². The Hall–Kier alpha value is -2.24. The maximum atomic E-state index is 11.0. The lowest BCUT2D eigenvalue weighted by Crippen LogP contribution is -2.20. The molecule has 0 saturated carbocycles. The molecule has 0 radical (unpaired) electrons. The van der Waals surface area contributed by atoms with Gasteiger partial charge in [0.25, 0.3) is 0 Å². The first-order valence-corrected chi connectivity index (χ1v) is 3.50. The third kappa shape index (κ3) is 2.37. The predicted octanol–water partition coefficient (Wildman–Crippen LogP) is -0.150. The van der Waals surface area contributed by atoms with Gasteiger partial charge in [0.15, 0.2) is 0 Å². The monoisotopic (exact) mass is 195 g/mol. The maximum Gasteiger partial charge on any atom is 0.425 e. The van der Waals surface area contributed by atoms with Gasteiger partial charge in [0.1, 0.15) is 0 Å². The molecule has 0 aliphatic heterocycles. The van der Waals surface area contributed by atoms with Gasteiger partial charge in [0.2, 0.25) is 0 Å². The second-order valence-corrected chi connectivity index (χ2v) is 2.22. The van der Waals surface area contributed by atoms with Crippen molar-refractivity contribution in [1.82, 2.24) is 4.98 Å². The van der Waals surface area contributed by atoms with Gasteiger partial charge in [-0.3, -0.25) is 4.98 Å². The smallest absolute Gasteiger partial charge is 0.425 e. The number of aromatic nitrogens is 1. The van der Waals surface area contributed by atoms with Crippen LogP contribution in [0, 0.1) is 0 Å². The number of esters is 2. The molecule has 0 saturated heterocycles. The Labute approximate surface area is 78.1 Å². The molecular weight excluding hydrogens is 190 g/mol. The number of hydrogen-bond acceptors (Lipinski definition) is 5. The summed E-state index contributed by atoms with van der Waals surface area (Å²) in [6.07, 6.45) is 2.59. The van der Waals surface area contributed by atoms with E-state index in [1.807, 2.05) is 0 Å². The number of carboxylic acids is 1. The second kappa shape index (κ2) is 4.13. The summed E-state index contributed by atoms with van der Waals surface area (Å²) in [7, 11) is 0. The Morgan fingerprint density at radius 3 is 2.57 bits per heavy atom. The van der Waals surface area contributed by atoms with Gasteiger partial charge in [-0.1, -0.05) is 0 Å². The molecule has 1 aromatic rings. The van der Waals surface area contributed by atoms with Crippen molar-refractivity contribution < 1.29 is 24.2 Å². The Morgan fingerprint density at radius 1 is 1.36 bits per heavy atom. The first kappa shape index (κ1) is 9.85. The average Bonchev–Trinajstić information content (AvgIpc) is 2.19. The molecule has 1 aromatic heterocycles. The SMILES string of the molecule is O=C(O)C(=O)OC(=O)c1cccnc1. The molecule has 0 aliphatic rings. The van der Waals surface area contributed by atoms with Crippen LogP contribution in [0.2, 0.25) is 0 Å². The molecule has 0 fully saturated rings. The van der Waals surface area contributed by atoms with Crippen LogP contribution >= 0.6 is 0 Å². The van der Waals surface area contributed by atoms with Crippen molar-refractivity contribution in [3.8, 4) is 0 Å². The lowest BCUT2D eigenvalue weighted by atomic mass is 10.3. The second-order valence-electron chi connectivity index (χ2n) is 2.22. The van der Waals surface area contributed by atoms with Gasteiger partial charge < -0.3 is 9.84 Å². The maximum absolute atomic E-state index is 11.0. The summed E-state index contributed by atoms with van der Waals surface area (Å²) in [6.45, 7) is 0. The van der Waals surface area contributed by atoms with Crippen molar-refractivity contribution in [3.05, 3.63) is 30.1 Å². The van der Waals surface area contributed by atoms with E-state index in [0.717, 1.165) is 6.20 Å². The molecule has 0 spiro atoms. The summed E-state index contributed by atoms with van der Waals surface area (Å²) in [5.41, 5.74) is 0.0158. The fourth-order valence-electron chi connectivity index (χ4n) is 0.670. The molecule has 1 heterocycles. The quantitative estimate of drug-likeness (QED) is 0.380. The van der Waals surface area contributed by atoms with Crippen LogP contribution in [-0.2, 0) is 14.3 Å². The fraction of sp³-hybridized carbons (Fsp3) is 0. The van der Waals surface area contributed by atoms with E-state index in [-0.39, 0.29) is 5.56 Å². The minimum Gasteiger partial charge on any atom is -0.473 e. The Morgan fingerprint density at radius 2 is 2.07 bits per heavy atom. The first-order chi connectivity index (χ1) is 6.61. The number of carbonyl (C=O) groups is 3. The van der Waals surface area contributed by atoms with E-state index in [1.165, 1.54) is 18.3 Å². The van der Waals surface area contributed by atoms with Gasteiger partial charge in [0, 0.05) is 12.4 Å². The summed E-state index contributed by atoms with van der Waals surface area (Å²) in [6, 6.07) is 2.81. The van der Waals surface area contributed by atoms with Gasteiger partial charge in [0.05, 0.1) is 5.56 Å². The highest BCUT2D eigenvalue weighted by Crippen LogP contribution is 1.98. The molecular formula is C8H5NO5. The zero-order valence-electron chi connectivity index (χ0n) is 6.84. The van der Waals surface area contributed by atoms with Gasteiger partial charge in [-0.05, 0) is 12.1 Å². The first-order valence-electron chi connectivity index (χ1n) is 3.50. The van der Waals surface area contributed by atoms with Gasteiger partial charge in [-0.2, -0.15) is 0 Å². The number of carbonyl (C=O) groups excluding carboxylic acids is 2. The molecule has 6 nitrogen and oxygen atoms in total. The molecule has 0 amide bonds. The van der Waals surface area contributed by atoms with Crippen molar-refractivity contribution in [2.24, 2.45) is 0 Å². The Bertz CT molecular complexity index is 373. The standard InChI is InChI=1S/C8H5NO5/c10-6(11)8(13)14-7(12)5-2-1-3-9-4-5/h1-4H,(H,10,11). The van der Waals surface area contributed by atoms with E-state index in [4.69, 9.17) is 5.11 Å². The number of ether oxygens (including phenoxy) is 1. The molecule has 0 atom stereocenters. The minimum absolute atomic E-state index is 0.0158. The summed E-state index contributed by atoms with van der Waals surface area (Å²) in [5.74, 6) is -4.47. The van der Waals surface area contributed by atoms with Crippen molar-refractivity contribution in [2.75, 3.05) is 0 Å². The van der Waals surface area contributed by atoms with Gasteiger partial charge >= 0.3 is 17.9 Å². The zero-order valence-corrected chi connectivity index (χ0v) is 6.84. The Balaban J connectivity index is 2.69. The van der Waals surface area contributed by atoms with Crippen LogP contribution in [0.25, 0.3) is 0 Å². The van der Waals surface area contributed by atoms with Crippen LogP contribution in [0.15, 0.2) is 24.5 Å². The number of carboxylic acid groups (broad SMARTS) is 1. The summed E-state index contributed by atoms with van der Waals surface area (Å²) in [5, 5.41) is 8.14. The van der Waals surface area contributed by atoms with E-state index >= 15 is 0 Å². The van der Waals surface area contributed by atoms with Crippen LogP contribution in [0.5, 0.6) is 0 Å². The number of rotatable bonds is 1. The van der Waals surface area contributed by atoms with Crippen molar-refractivity contribution in [1.29, 1.82) is 0 Å². The summed E-state index contributed by atoms with van der Waals surface area (Å²) < 4.78 is 3.98. The van der Waals surface area contributed by atoms with Crippen LogP contribution in [-0.4, -0.2) is 28.0 Å². The molecule has 0 unspecified atom stereocenters. The highest BCUT2D eigenvalue weighted by atomic mass is 16.6. The molecule has 1 rings (SSSR count). The molecule has 0 aliphatic carbocycles. The normalized spacial score (nSPS) is 9.14. The molecule has 14 heavy (non-hydrogen) atoms. The van der Waals surface area contributed by atoms with E-state index in [0.29, 0.717) is 0 Å². The van der Waals surface area contributed by atoms with Crippen molar-refractivity contribution in [2.45, 2.75) is 0 Å². The lowest BCUT2D eigenvalue weighted by Gasteiger charge is -1.97. The van der Waals surface area contributed by atoms with Crippen molar-refractivity contribution >= 4 is 17.9 Å². The number of hydrogen-bond donors (Lipinski definition) is 1. The van der Waals surface area contributed by atoms with E-state index in [9.17, 15) is 14.4 Å². The number of aliphatic carboxylic acids is 1. The number of nitrogens with zero attached hydrogens (tertiary/aromatic N) is 1. The molecule has 0 bridgehead atoms. The van der Waals surface area contributed by atoms with Crippen LogP contribution in [0.1, 0.15) is 10.4 Å². The van der Waals surface area contributed by atoms with Gasteiger partial charge in [-0.15, -0.1) is 0 Å². The highest BCUT2D eigenvalue weighted by molar-refractivity contribution is 6.31. The van der Waals surface area contributed by atoms with Crippen LogP contribution in [0.3, 0.4) is 0 Å². The summed E-state index contributed by atoms with van der Waals surface area (Å²) in [4.78, 5) is 35.1. The average molecular weight is 195 g/mol. The van der Waals surface area contributed by atoms with E-state index in [2.05, 4.69) is 9.72 Å². The fourth-order valence-corrected chi connectivity index (χ4v) is 0.670. The van der Waals surface area contributed by atoms with Gasteiger partial charge in [-0.25, -0.2) is 14.4 Å². The highest BCUT2D eigenvalue weighted by Gasteiger charge is 2.18. The minimum atomic E-state index is -1.82. The predicted molar refractivity (Wildman–Crippen MR) is 42.3 cm³/mol. The van der Waals surface area contributed by atoms with Crippen LogP contribution in [0.4, 0.5) is 0 Å². The van der Waals surface area contributed by atoms with Crippen molar-refractivity contribution in [3.63, 3.8) is 0 Å². The molecule has 0 aromatic carbocycles. The number of pyridine rings is 1. The molecule has 6 heteroatoms. The lowest BCUT2D eigenvalue weighted by molar-refractivity contribution is -0.160. The third-order valence-corrected chi connectivity index (χ3v) is 1.26. The topological polar surface area (TPSA) is 93.6 Å². The Kier molecular flexibility index (Phi) is 2.90. The molecule has 1 N–H and O–H groups in total. The zero-order chi connectivity index (χ0) is 10.6. The molecule has 72 valence electrons. The largest absolute Gasteiger partial charge is 0.473 e. The third-order valence-electron chi connectivity index (χ3n) is 1.26. The van der Waals surface area contributed by atoms with E-state index in [1.54, 1.807) is 0 Å². The summed E-state index contributed by atoms with van der Waals surface area (Å²) >= 11 is 0. The van der Waals surface area contributed by atoms with Crippen LogP contribution < -0.4 is 0 Å².